The zero-order valence-electron chi connectivity index (χ0n) is 27.6. The van der Waals surface area contributed by atoms with E-state index < -0.39 is 0 Å². The first-order valence-corrected chi connectivity index (χ1v) is 17.9. The number of nitrogens with zero attached hydrogens (tertiary/aromatic N) is 2. The molecular formula is C47H36N2. The largest absolute Gasteiger partial charge is 0.333 e. The number of fused-ring (bicyclic) bond motifs is 15. The number of benzene rings is 6. The third-order valence-electron chi connectivity index (χ3n) is 11.7. The number of hydrogen-bond acceptors (Lipinski definition) is 1. The van der Waals surface area contributed by atoms with Gasteiger partial charge >= 0.3 is 0 Å². The van der Waals surface area contributed by atoms with Crippen LogP contribution in [0.1, 0.15) is 47.2 Å². The minimum atomic E-state index is 0.226. The molecule has 49 heavy (non-hydrogen) atoms. The van der Waals surface area contributed by atoms with Crippen LogP contribution in [0.25, 0.3) is 61.1 Å². The van der Waals surface area contributed by atoms with Crippen molar-refractivity contribution in [3.05, 3.63) is 161 Å². The van der Waals surface area contributed by atoms with Crippen LogP contribution in [0.2, 0.25) is 0 Å². The molecule has 0 radical (unpaired) electrons. The molecule has 1 aliphatic heterocycles. The normalized spacial score (nSPS) is 20.3. The molecule has 2 heterocycles. The van der Waals surface area contributed by atoms with Crippen molar-refractivity contribution in [2.75, 3.05) is 4.90 Å². The predicted octanol–water partition coefficient (Wildman–Crippen LogP) is 12.0. The van der Waals surface area contributed by atoms with Crippen molar-refractivity contribution in [3.63, 3.8) is 0 Å². The highest BCUT2D eigenvalue weighted by Gasteiger charge is 2.42. The minimum absolute atomic E-state index is 0.226. The van der Waals surface area contributed by atoms with Crippen LogP contribution in [-0.2, 0) is 12.8 Å². The fourth-order valence-corrected chi connectivity index (χ4v) is 9.60. The summed E-state index contributed by atoms with van der Waals surface area (Å²) >= 11 is 0. The summed E-state index contributed by atoms with van der Waals surface area (Å²) in [4.78, 5) is 2.66. The Morgan fingerprint density at radius 2 is 1.37 bits per heavy atom. The summed E-state index contributed by atoms with van der Waals surface area (Å²) < 4.78 is 2.53. The van der Waals surface area contributed by atoms with Gasteiger partial charge in [0, 0.05) is 39.5 Å². The molecule has 3 aliphatic carbocycles. The molecule has 0 fully saturated rings. The van der Waals surface area contributed by atoms with E-state index in [0.29, 0.717) is 5.92 Å². The van der Waals surface area contributed by atoms with E-state index >= 15 is 0 Å². The maximum Gasteiger partial charge on any atom is 0.0630 e. The first kappa shape index (κ1) is 27.4. The molecule has 0 spiro atoms. The quantitative estimate of drug-likeness (QED) is 0.173. The van der Waals surface area contributed by atoms with Crippen LogP contribution < -0.4 is 4.90 Å². The first-order valence-electron chi connectivity index (χ1n) is 17.9. The van der Waals surface area contributed by atoms with Gasteiger partial charge in [-0.15, -0.1) is 0 Å². The maximum absolute atomic E-state index is 2.66. The molecule has 6 aromatic carbocycles. The zero-order chi connectivity index (χ0) is 32.2. The highest BCUT2D eigenvalue weighted by molar-refractivity contribution is 6.15. The Morgan fingerprint density at radius 1 is 0.633 bits per heavy atom. The van der Waals surface area contributed by atoms with Crippen LogP contribution in [0, 0.1) is 5.92 Å². The third kappa shape index (κ3) is 3.77. The third-order valence-corrected chi connectivity index (χ3v) is 11.7. The van der Waals surface area contributed by atoms with Crippen molar-refractivity contribution in [2.24, 2.45) is 5.92 Å². The molecule has 0 amide bonds. The van der Waals surface area contributed by atoms with Crippen LogP contribution in [0.5, 0.6) is 0 Å². The van der Waals surface area contributed by atoms with Gasteiger partial charge in [-0.3, -0.25) is 0 Å². The number of aromatic nitrogens is 1. The molecule has 2 nitrogen and oxygen atoms in total. The van der Waals surface area contributed by atoms with E-state index in [1.807, 2.05) is 0 Å². The van der Waals surface area contributed by atoms with Gasteiger partial charge in [0.2, 0.25) is 0 Å². The van der Waals surface area contributed by atoms with Crippen LogP contribution in [0.4, 0.5) is 11.4 Å². The van der Waals surface area contributed by atoms with Crippen molar-refractivity contribution in [2.45, 2.75) is 38.1 Å². The van der Waals surface area contributed by atoms with E-state index in [0.717, 1.165) is 19.3 Å². The van der Waals surface area contributed by atoms with Gasteiger partial charge in [0.25, 0.3) is 0 Å². The zero-order valence-corrected chi connectivity index (χ0v) is 27.6. The van der Waals surface area contributed by atoms with Gasteiger partial charge in [-0.1, -0.05) is 122 Å². The molecule has 0 bridgehead atoms. The average molecular weight is 629 g/mol. The Kier molecular flexibility index (Phi) is 5.70. The molecule has 4 aliphatic rings. The van der Waals surface area contributed by atoms with Crippen molar-refractivity contribution in [3.8, 4) is 5.69 Å². The lowest BCUT2D eigenvalue weighted by Crippen LogP contribution is -2.29. The number of hydrogen-bond donors (Lipinski definition) is 0. The predicted molar refractivity (Wildman–Crippen MR) is 208 cm³/mol. The second kappa shape index (κ2) is 10.2. The summed E-state index contributed by atoms with van der Waals surface area (Å²) in [6.07, 6.45) is 22.1. The molecular weight excluding hydrogens is 593 g/mol. The molecule has 3 atom stereocenters. The minimum Gasteiger partial charge on any atom is -0.333 e. The lowest BCUT2D eigenvalue weighted by Gasteiger charge is -2.31. The van der Waals surface area contributed by atoms with Gasteiger partial charge in [-0.25, -0.2) is 0 Å². The van der Waals surface area contributed by atoms with Gasteiger partial charge in [-0.2, -0.15) is 0 Å². The standard InChI is InChI=1S/C47H36N2/c1-29-18-25-37-40(28-29)36-26-19-30-10-3-5-13-35(30)45(36)46-39-15-7-9-17-42(39)49(47(37)46)33-23-21-32(22-24-33)48-41-16-8-6-14-38(41)44-34-12-4-2-11-31(34)20-27-43(44)48/h2-7,9-15,17-27,29,39,42H,8,16,28H2,1H3. The summed E-state index contributed by atoms with van der Waals surface area (Å²) in [6.45, 7) is 2.35. The number of anilines is 2. The van der Waals surface area contributed by atoms with E-state index in [1.54, 1.807) is 0 Å². The summed E-state index contributed by atoms with van der Waals surface area (Å²) in [7, 11) is 0. The molecule has 11 rings (SSSR count). The Balaban J connectivity index is 1.14. The Labute approximate surface area is 286 Å². The van der Waals surface area contributed by atoms with Gasteiger partial charge in [0.05, 0.1) is 17.2 Å². The number of rotatable bonds is 2. The monoisotopic (exact) mass is 628 g/mol. The second-order valence-electron chi connectivity index (χ2n) is 14.4. The Hall–Kier alpha value is -5.60. The topological polar surface area (TPSA) is 8.17 Å². The van der Waals surface area contributed by atoms with E-state index in [2.05, 4.69) is 162 Å². The van der Waals surface area contributed by atoms with Crippen molar-refractivity contribution in [1.82, 2.24) is 4.57 Å². The first-order chi connectivity index (χ1) is 24.2. The summed E-state index contributed by atoms with van der Waals surface area (Å²) in [5.41, 5.74) is 12.3. The molecule has 2 heteroatoms. The molecule has 3 unspecified atom stereocenters. The molecule has 7 aromatic rings. The van der Waals surface area contributed by atoms with Crippen molar-refractivity contribution < 1.29 is 0 Å². The van der Waals surface area contributed by atoms with E-state index in [4.69, 9.17) is 0 Å². The fourth-order valence-electron chi connectivity index (χ4n) is 9.60. The Bertz CT molecular complexity index is 2660. The van der Waals surface area contributed by atoms with Gasteiger partial charge < -0.3 is 9.47 Å². The van der Waals surface area contributed by atoms with E-state index in [1.165, 1.54) is 88.2 Å². The van der Waals surface area contributed by atoms with Crippen molar-refractivity contribution in [1.29, 1.82) is 0 Å². The van der Waals surface area contributed by atoms with Gasteiger partial charge in [0.15, 0.2) is 0 Å². The fraction of sp³-hybridized carbons (Fsp3) is 0.149. The SMILES string of the molecule is CC1C=Cc2c3c(c4c(ccc5ccccc54)c2C1)C1C=CC=CC1N3c1ccc(-n2c3c(c4c5ccccc5ccc42)C=CCC3)cc1. The summed E-state index contributed by atoms with van der Waals surface area (Å²) in [5, 5.41) is 9.55. The van der Waals surface area contributed by atoms with Crippen LogP contribution in [0.3, 0.4) is 0 Å². The summed E-state index contributed by atoms with van der Waals surface area (Å²) in [6, 6.07) is 36.8. The Morgan fingerprint density at radius 3 is 2.20 bits per heavy atom. The molecule has 0 N–H and O–H groups in total. The maximum atomic E-state index is 2.66. The molecule has 234 valence electrons. The molecule has 1 aromatic heterocycles. The lowest BCUT2D eigenvalue weighted by atomic mass is 9.80. The highest BCUT2D eigenvalue weighted by Crippen LogP contribution is 2.55. The second-order valence-corrected chi connectivity index (χ2v) is 14.4. The highest BCUT2D eigenvalue weighted by atomic mass is 15.2. The van der Waals surface area contributed by atoms with Crippen LogP contribution in [-0.4, -0.2) is 10.6 Å². The van der Waals surface area contributed by atoms with Crippen LogP contribution in [0.15, 0.2) is 134 Å². The summed E-state index contributed by atoms with van der Waals surface area (Å²) in [5.74, 6) is 0.803. The van der Waals surface area contributed by atoms with E-state index in [9.17, 15) is 0 Å². The van der Waals surface area contributed by atoms with E-state index in [-0.39, 0.29) is 12.0 Å². The smallest absolute Gasteiger partial charge is 0.0630 e. The molecule has 0 saturated heterocycles. The molecule has 0 saturated carbocycles. The lowest BCUT2D eigenvalue weighted by molar-refractivity contribution is 0.721. The van der Waals surface area contributed by atoms with Gasteiger partial charge in [-0.05, 0) is 99.0 Å². The van der Waals surface area contributed by atoms with Crippen molar-refractivity contribution >= 4 is 66.7 Å². The van der Waals surface area contributed by atoms with Crippen LogP contribution >= 0.6 is 0 Å². The van der Waals surface area contributed by atoms with Gasteiger partial charge in [0.1, 0.15) is 0 Å². The average Bonchev–Trinajstić information content (AvgIpc) is 3.68. The number of allylic oxidation sites excluding steroid dienone is 4.